The molecule has 1 aromatic heterocycles. The number of aryl methyl sites for hydroxylation is 3. The average molecular weight is 509 g/mol. The second-order valence-corrected chi connectivity index (χ2v) is 9.78. The highest BCUT2D eigenvalue weighted by Crippen LogP contribution is 2.39. The van der Waals surface area contributed by atoms with Gasteiger partial charge in [0.15, 0.2) is 0 Å². The SMILES string of the molecule is Cc1ccc(N(c2ccc(C)cc2)c2ccc(-c3sc(C)c(I)c3C)cc2)cc1. The maximum atomic E-state index is 2.46. The molecule has 0 aliphatic carbocycles. The molecule has 0 saturated carbocycles. The van der Waals surface area contributed by atoms with E-state index in [4.69, 9.17) is 0 Å². The van der Waals surface area contributed by atoms with Gasteiger partial charge in [0.05, 0.1) is 0 Å². The molecule has 0 amide bonds. The molecule has 3 aromatic carbocycles. The summed E-state index contributed by atoms with van der Waals surface area (Å²) >= 11 is 4.34. The number of nitrogens with zero attached hydrogens (tertiary/aromatic N) is 1. The monoisotopic (exact) mass is 509 g/mol. The third-order valence-corrected chi connectivity index (χ3v) is 8.45. The van der Waals surface area contributed by atoms with Crippen molar-refractivity contribution in [2.45, 2.75) is 27.7 Å². The molecule has 0 atom stereocenters. The molecular formula is C26H24INS. The smallest absolute Gasteiger partial charge is 0.0462 e. The van der Waals surface area contributed by atoms with Crippen molar-refractivity contribution in [3.63, 3.8) is 0 Å². The second-order valence-electron chi connectivity index (χ2n) is 7.48. The van der Waals surface area contributed by atoms with E-state index in [-0.39, 0.29) is 0 Å². The lowest BCUT2D eigenvalue weighted by atomic mass is 10.1. The molecule has 1 nitrogen and oxygen atoms in total. The zero-order chi connectivity index (χ0) is 20.5. The highest BCUT2D eigenvalue weighted by atomic mass is 127. The Hall–Kier alpha value is -2.11. The van der Waals surface area contributed by atoms with Crippen LogP contribution >= 0.6 is 33.9 Å². The van der Waals surface area contributed by atoms with Crippen LogP contribution in [0, 0.1) is 31.3 Å². The molecule has 1 heterocycles. The summed E-state index contributed by atoms with van der Waals surface area (Å²) in [7, 11) is 0. The predicted octanol–water partition coefficient (Wildman–Crippen LogP) is 8.72. The molecule has 0 N–H and O–H groups in total. The lowest BCUT2D eigenvalue weighted by Gasteiger charge is -2.26. The van der Waals surface area contributed by atoms with Crippen molar-refractivity contribution >= 4 is 51.0 Å². The van der Waals surface area contributed by atoms with Crippen molar-refractivity contribution in [2.75, 3.05) is 4.90 Å². The van der Waals surface area contributed by atoms with Crippen LogP contribution < -0.4 is 4.90 Å². The first-order valence-electron chi connectivity index (χ1n) is 9.73. The van der Waals surface area contributed by atoms with Gasteiger partial charge in [-0.3, -0.25) is 0 Å². The highest BCUT2D eigenvalue weighted by molar-refractivity contribution is 14.1. The maximum absolute atomic E-state index is 2.46. The summed E-state index contributed by atoms with van der Waals surface area (Å²) in [6.07, 6.45) is 0. The Morgan fingerprint density at radius 1 is 0.621 bits per heavy atom. The predicted molar refractivity (Wildman–Crippen MR) is 136 cm³/mol. The van der Waals surface area contributed by atoms with Crippen LogP contribution in [0.5, 0.6) is 0 Å². The van der Waals surface area contributed by atoms with E-state index < -0.39 is 0 Å². The Kier molecular flexibility index (Phi) is 5.79. The Bertz CT molecular complexity index is 1080. The molecule has 4 aromatic rings. The van der Waals surface area contributed by atoms with Gasteiger partial charge in [-0.1, -0.05) is 47.5 Å². The standard InChI is InChI=1S/C26H24INS/c1-17-5-11-22(12-6-17)28(23-13-7-18(2)8-14-23)24-15-9-21(10-16-24)26-19(3)25(27)20(4)29-26/h5-16H,1-4H3. The Morgan fingerprint density at radius 2 is 1.03 bits per heavy atom. The molecule has 0 unspecified atom stereocenters. The van der Waals surface area contributed by atoms with E-state index in [9.17, 15) is 0 Å². The van der Waals surface area contributed by atoms with E-state index in [1.54, 1.807) is 0 Å². The minimum Gasteiger partial charge on any atom is -0.311 e. The normalized spacial score (nSPS) is 10.9. The zero-order valence-electron chi connectivity index (χ0n) is 17.2. The van der Waals surface area contributed by atoms with Gasteiger partial charge in [0.2, 0.25) is 0 Å². The van der Waals surface area contributed by atoms with Gasteiger partial charge in [0.25, 0.3) is 0 Å². The molecule has 0 bridgehead atoms. The Balaban J connectivity index is 1.77. The number of benzene rings is 3. The second kappa shape index (κ2) is 8.33. The van der Waals surface area contributed by atoms with Crippen LogP contribution in [-0.2, 0) is 0 Å². The fraction of sp³-hybridized carbons (Fsp3) is 0.154. The van der Waals surface area contributed by atoms with Crippen molar-refractivity contribution in [2.24, 2.45) is 0 Å². The quantitative estimate of drug-likeness (QED) is 0.249. The van der Waals surface area contributed by atoms with E-state index in [1.807, 2.05) is 11.3 Å². The number of thiophene rings is 1. The zero-order valence-corrected chi connectivity index (χ0v) is 20.1. The summed E-state index contributed by atoms with van der Waals surface area (Å²) in [5.74, 6) is 0. The minimum absolute atomic E-state index is 1.17. The Labute approximate surface area is 191 Å². The van der Waals surface area contributed by atoms with Gasteiger partial charge < -0.3 is 4.90 Å². The van der Waals surface area contributed by atoms with Crippen LogP contribution in [-0.4, -0.2) is 0 Å². The van der Waals surface area contributed by atoms with E-state index in [0.29, 0.717) is 0 Å². The van der Waals surface area contributed by atoms with E-state index in [2.05, 4.69) is 128 Å². The molecule has 4 rings (SSSR count). The van der Waals surface area contributed by atoms with E-state index in [0.717, 1.165) is 0 Å². The van der Waals surface area contributed by atoms with E-state index in [1.165, 1.54) is 52.6 Å². The number of halogens is 1. The summed E-state index contributed by atoms with van der Waals surface area (Å²) in [4.78, 5) is 5.08. The van der Waals surface area contributed by atoms with Crippen LogP contribution in [0.3, 0.4) is 0 Å². The van der Waals surface area contributed by atoms with Crippen LogP contribution in [0.1, 0.15) is 21.6 Å². The lowest BCUT2D eigenvalue weighted by Crippen LogP contribution is -2.09. The van der Waals surface area contributed by atoms with Crippen LogP contribution in [0.2, 0.25) is 0 Å². The van der Waals surface area contributed by atoms with Crippen molar-refractivity contribution in [1.29, 1.82) is 0 Å². The number of hydrogen-bond acceptors (Lipinski definition) is 2. The number of hydrogen-bond donors (Lipinski definition) is 0. The van der Waals surface area contributed by atoms with Gasteiger partial charge in [-0.05, 0) is 97.8 Å². The van der Waals surface area contributed by atoms with Crippen molar-refractivity contribution in [3.05, 3.63) is 97.9 Å². The summed E-state index contributed by atoms with van der Waals surface area (Å²) in [5.41, 5.74) is 8.72. The van der Waals surface area contributed by atoms with Gasteiger partial charge >= 0.3 is 0 Å². The number of anilines is 3. The van der Waals surface area contributed by atoms with Crippen LogP contribution in [0.4, 0.5) is 17.1 Å². The Morgan fingerprint density at radius 3 is 1.41 bits per heavy atom. The molecule has 0 fully saturated rings. The molecule has 0 aliphatic rings. The van der Waals surface area contributed by atoms with Crippen LogP contribution in [0.15, 0.2) is 72.8 Å². The molecule has 146 valence electrons. The lowest BCUT2D eigenvalue weighted by molar-refractivity contribution is 1.27. The topological polar surface area (TPSA) is 3.24 Å². The van der Waals surface area contributed by atoms with Gasteiger partial charge in [-0.25, -0.2) is 0 Å². The number of rotatable bonds is 4. The first kappa shape index (κ1) is 20.2. The highest BCUT2D eigenvalue weighted by Gasteiger charge is 2.15. The molecule has 0 radical (unpaired) electrons. The van der Waals surface area contributed by atoms with Gasteiger partial charge in [0.1, 0.15) is 0 Å². The maximum Gasteiger partial charge on any atom is 0.0462 e. The molecule has 0 spiro atoms. The first-order chi connectivity index (χ1) is 13.9. The average Bonchev–Trinajstić information content (AvgIpc) is 2.99. The van der Waals surface area contributed by atoms with E-state index >= 15 is 0 Å². The molecule has 0 saturated heterocycles. The summed E-state index contributed by atoms with van der Waals surface area (Å²) < 4.78 is 1.38. The summed E-state index contributed by atoms with van der Waals surface area (Å²) in [6.45, 7) is 8.68. The minimum atomic E-state index is 1.17. The summed E-state index contributed by atoms with van der Waals surface area (Å²) in [6, 6.07) is 26.4. The van der Waals surface area contributed by atoms with Crippen molar-refractivity contribution < 1.29 is 0 Å². The molecular weight excluding hydrogens is 485 g/mol. The summed E-state index contributed by atoms with van der Waals surface area (Å²) in [5, 5.41) is 0. The van der Waals surface area contributed by atoms with Gasteiger partial charge in [-0.2, -0.15) is 0 Å². The first-order valence-corrected chi connectivity index (χ1v) is 11.6. The molecule has 29 heavy (non-hydrogen) atoms. The fourth-order valence-electron chi connectivity index (χ4n) is 3.51. The fourth-order valence-corrected chi connectivity index (χ4v) is 5.35. The largest absolute Gasteiger partial charge is 0.311 e. The third-order valence-electron chi connectivity index (χ3n) is 5.21. The molecule has 3 heteroatoms. The van der Waals surface area contributed by atoms with Gasteiger partial charge in [-0.15, -0.1) is 11.3 Å². The molecule has 0 aliphatic heterocycles. The van der Waals surface area contributed by atoms with Crippen LogP contribution in [0.25, 0.3) is 10.4 Å². The van der Waals surface area contributed by atoms with Crippen molar-refractivity contribution in [3.8, 4) is 10.4 Å². The third kappa shape index (κ3) is 4.12. The van der Waals surface area contributed by atoms with Gasteiger partial charge in [0, 0.05) is 30.4 Å². The van der Waals surface area contributed by atoms with Crippen molar-refractivity contribution in [1.82, 2.24) is 0 Å².